The Bertz CT molecular complexity index is 786. The first-order valence-corrected chi connectivity index (χ1v) is 10.7. The molecule has 1 aliphatic carbocycles. The topological polar surface area (TPSA) is 46.6 Å². The molecule has 5 heteroatoms. The highest BCUT2D eigenvalue weighted by Crippen LogP contribution is 2.28. The summed E-state index contributed by atoms with van der Waals surface area (Å²) in [5.74, 6) is 0.668. The molecule has 0 bridgehead atoms. The van der Waals surface area contributed by atoms with Gasteiger partial charge in [0, 0.05) is 18.7 Å². The van der Waals surface area contributed by atoms with Gasteiger partial charge in [0.1, 0.15) is 6.61 Å². The van der Waals surface area contributed by atoms with E-state index in [0.29, 0.717) is 12.5 Å². The zero-order chi connectivity index (χ0) is 20.5. The van der Waals surface area contributed by atoms with Crippen molar-refractivity contribution in [2.45, 2.75) is 51.6 Å². The minimum absolute atomic E-state index is 0.183. The second-order valence-corrected chi connectivity index (χ2v) is 8.10. The number of halogens is 1. The van der Waals surface area contributed by atoms with Crippen molar-refractivity contribution < 1.29 is 14.3 Å². The maximum Gasteiger partial charge on any atom is 0.414 e. The average Bonchev–Trinajstić information content (AvgIpc) is 2.74. The molecule has 0 aliphatic heterocycles. The monoisotopic (exact) mass is 413 g/mol. The summed E-state index contributed by atoms with van der Waals surface area (Å²) < 4.78 is 5.59. The lowest BCUT2D eigenvalue weighted by molar-refractivity contribution is -0.111. The molecular weight excluding hydrogens is 386 g/mol. The van der Waals surface area contributed by atoms with Crippen LogP contribution in [0.5, 0.6) is 0 Å². The summed E-state index contributed by atoms with van der Waals surface area (Å²) in [7, 11) is 0. The van der Waals surface area contributed by atoms with E-state index in [1.807, 2.05) is 54.6 Å². The highest BCUT2D eigenvalue weighted by Gasteiger charge is 2.21. The van der Waals surface area contributed by atoms with Crippen LogP contribution in [0.3, 0.4) is 0 Å². The number of ether oxygens (including phenoxy) is 1. The van der Waals surface area contributed by atoms with Gasteiger partial charge in [0.2, 0.25) is 5.24 Å². The molecule has 3 rings (SSSR count). The number of hydrogen-bond donors (Lipinski definition) is 0. The van der Waals surface area contributed by atoms with Gasteiger partial charge in [0.15, 0.2) is 0 Å². The molecule has 2 aromatic carbocycles. The van der Waals surface area contributed by atoms with Gasteiger partial charge in [-0.2, -0.15) is 0 Å². The van der Waals surface area contributed by atoms with E-state index >= 15 is 0 Å². The zero-order valence-corrected chi connectivity index (χ0v) is 17.4. The first-order chi connectivity index (χ1) is 14.1. The number of amides is 1. The molecule has 1 fully saturated rings. The van der Waals surface area contributed by atoms with Gasteiger partial charge < -0.3 is 4.74 Å². The van der Waals surface area contributed by atoms with Crippen LogP contribution in [0.15, 0.2) is 54.6 Å². The van der Waals surface area contributed by atoms with Crippen molar-refractivity contribution >= 4 is 28.6 Å². The van der Waals surface area contributed by atoms with Crippen molar-refractivity contribution in [2.75, 3.05) is 11.4 Å². The van der Waals surface area contributed by atoms with E-state index in [0.717, 1.165) is 23.2 Å². The molecule has 0 atom stereocenters. The molecule has 0 radical (unpaired) electrons. The molecule has 0 aromatic heterocycles. The first-order valence-electron chi connectivity index (χ1n) is 10.4. The maximum absolute atomic E-state index is 12.9. The number of anilines is 1. The Morgan fingerprint density at radius 2 is 1.62 bits per heavy atom. The van der Waals surface area contributed by atoms with Crippen LogP contribution in [0, 0.1) is 5.92 Å². The average molecular weight is 414 g/mol. The quantitative estimate of drug-likeness (QED) is 0.490. The van der Waals surface area contributed by atoms with Gasteiger partial charge in [-0.1, -0.05) is 74.6 Å². The first kappa shape index (κ1) is 21.4. The smallest absolute Gasteiger partial charge is 0.414 e. The van der Waals surface area contributed by atoms with Crippen LogP contribution >= 0.6 is 11.6 Å². The number of rotatable bonds is 8. The number of benzene rings is 2. The summed E-state index contributed by atoms with van der Waals surface area (Å²) in [5, 5.41) is -0.394. The molecule has 1 saturated carbocycles. The lowest BCUT2D eigenvalue weighted by Crippen LogP contribution is -2.33. The fraction of sp³-hybridized carbons (Fsp3) is 0.417. The lowest BCUT2D eigenvalue weighted by atomic mass is 9.87. The van der Waals surface area contributed by atoms with Gasteiger partial charge in [0.25, 0.3) is 0 Å². The predicted molar refractivity (Wildman–Crippen MR) is 116 cm³/mol. The van der Waals surface area contributed by atoms with Crippen LogP contribution in [0.2, 0.25) is 0 Å². The lowest BCUT2D eigenvalue weighted by Gasteiger charge is -2.27. The molecule has 0 N–H and O–H groups in total. The summed E-state index contributed by atoms with van der Waals surface area (Å²) in [5.41, 5.74) is 2.58. The van der Waals surface area contributed by atoms with Crippen molar-refractivity contribution in [3.05, 3.63) is 65.7 Å². The van der Waals surface area contributed by atoms with Crippen LogP contribution in [0.4, 0.5) is 10.5 Å². The van der Waals surface area contributed by atoms with Crippen molar-refractivity contribution in [2.24, 2.45) is 5.92 Å². The fourth-order valence-corrected chi connectivity index (χ4v) is 4.02. The largest absolute Gasteiger partial charge is 0.444 e. The second-order valence-electron chi connectivity index (χ2n) is 7.68. The maximum atomic E-state index is 12.9. The van der Waals surface area contributed by atoms with Gasteiger partial charge in [-0.15, -0.1) is 0 Å². The molecule has 0 heterocycles. The highest BCUT2D eigenvalue weighted by atomic mass is 35.5. The van der Waals surface area contributed by atoms with E-state index in [-0.39, 0.29) is 19.1 Å². The van der Waals surface area contributed by atoms with Crippen molar-refractivity contribution in [1.82, 2.24) is 0 Å². The molecule has 29 heavy (non-hydrogen) atoms. The SMILES string of the molecule is O=C(Cl)Cc1ccc(N(CCC2CCCCC2)C(=O)OCc2ccccc2)cc1. The van der Waals surface area contributed by atoms with E-state index < -0.39 is 5.24 Å². The molecule has 0 unspecified atom stereocenters. The third-order valence-electron chi connectivity index (χ3n) is 5.50. The van der Waals surface area contributed by atoms with E-state index in [2.05, 4.69) is 0 Å². The minimum atomic E-state index is -0.394. The molecule has 0 spiro atoms. The summed E-state index contributed by atoms with van der Waals surface area (Å²) in [6.45, 7) is 0.879. The molecule has 154 valence electrons. The van der Waals surface area contributed by atoms with Gasteiger partial charge in [-0.25, -0.2) is 4.79 Å². The Morgan fingerprint density at radius 1 is 0.931 bits per heavy atom. The summed E-state index contributed by atoms with van der Waals surface area (Å²) in [4.78, 5) is 25.7. The number of nitrogens with zero attached hydrogens (tertiary/aromatic N) is 1. The molecule has 0 saturated heterocycles. The summed E-state index contributed by atoms with van der Waals surface area (Å²) >= 11 is 5.48. The predicted octanol–water partition coefficient (Wildman–Crippen LogP) is 6.11. The van der Waals surface area contributed by atoms with Crippen LogP contribution in [-0.4, -0.2) is 17.9 Å². The Balaban J connectivity index is 1.67. The van der Waals surface area contributed by atoms with Crippen molar-refractivity contribution in [3.63, 3.8) is 0 Å². The Kier molecular flexibility index (Phi) is 8.12. The van der Waals surface area contributed by atoms with E-state index in [1.165, 1.54) is 32.1 Å². The van der Waals surface area contributed by atoms with Gasteiger partial charge in [-0.3, -0.25) is 9.69 Å². The van der Waals surface area contributed by atoms with Crippen LogP contribution in [0.25, 0.3) is 0 Å². The molecule has 4 nitrogen and oxygen atoms in total. The Morgan fingerprint density at radius 3 is 2.28 bits per heavy atom. The third-order valence-corrected chi connectivity index (χ3v) is 5.64. The van der Waals surface area contributed by atoms with E-state index in [1.54, 1.807) is 4.90 Å². The van der Waals surface area contributed by atoms with E-state index in [9.17, 15) is 9.59 Å². The van der Waals surface area contributed by atoms with Crippen LogP contribution < -0.4 is 4.90 Å². The normalized spacial score (nSPS) is 14.4. The number of carbonyl (C=O) groups is 2. The van der Waals surface area contributed by atoms with Gasteiger partial charge in [-0.05, 0) is 47.2 Å². The van der Waals surface area contributed by atoms with Crippen LogP contribution in [-0.2, 0) is 22.6 Å². The Labute approximate surface area is 177 Å². The van der Waals surface area contributed by atoms with Gasteiger partial charge >= 0.3 is 6.09 Å². The summed E-state index contributed by atoms with van der Waals surface area (Å²) in [6, 6.07) is 17.1. The zero-order valence-electron chi connectivity index (χ0n) is 16.7. The van der Waals surface area contributed by atoms with Gasteiger partial charge in [0.05, 0.1) is 0 Å². The van der Waals surface area contributed by atoms with Crippen molar-refractivity contribution in [1.29, 1.82) is 0 Å². The van der Waals surface area contributed by atoms with Crippen molar-refractivity contribution in [3.8, 4) is 0 Å². The number of carbonyl (C=O) groups excluding carboxylic acids is 2. The molecular formula is C24H28ClNO3. The summed E-state index contributed by atoms with van der Waals surface area (Å²) in [6.07, 6.45) is 7.18. The van der Waals surface area contributed by atoms with Crippen LogP contribution in [0.1, 0.15) is 49.7 Å². The second kappa shape index (κ2) is 11.0. The standard InChI is InChI=1S/C24H28ClNO3/c25-23(27)17-20-11-13-22(14-12-20)26(16-15-19-7-3-1-4-8-19)24(28)29-18-21-9-5-2-6-10-21/h2,5-6,9-14,19H,1,3-4,7-8,15-18H2. The molecule has 2 aromatic rings. The number of hydrogen-bond acceptors (Lipinski definition) is 3. The van der Waals surface area contributed by atoms with E-state index in [4.69, 9.17) is 16.3 Å². The molecule has 1 aliphatic rings. The third kappa shape index (κ3) is 6.90. The highest BCUT2D eigenvalue weighted by molar-refractivity contribution is 6.63. The molecule has 1 amide bonds. The fourth-order valence-electron chi connectivity index (χ4n) is 3.86. The Hall–Kier alpha value is -2.33. The minimum Gasteiger partial charge on any atom is -0.444 e.